The predicted molar refractivity (Wildman–Crippen MR) is 91.4 cm³/mol. The first kappa shape index (κ1) is 16.0. The number of imidazole rings is 1. The normalized spacial score (nSPS) is 16.8. The smallest absolute Gasteiger partial charge is 0.141 e. The van der Waals surface area contributed by atoms with Crippen molar-refractivity contribution in [3.05, 3.63) is 56.8 Å². The molecule has 1 saturated heterocycles. The fraction of sp³-hybridized carbons (Fsp3) is 0.235. The highest BCUT2D eigenvalue weighted by atomic mass is 79.9. The SMILES string of the molecule is Cc1c(F)c(Br)cc(F)c1-c1nc2cc(Cl)ccn2c1CC1CO1. The molecule has 3 heterocycles. The minimum absolute atomic E-state index is 0.0861. The van der Waals surface area contributed by atoms with Crippen molar-refractivity contribution in [2.45, 2.75) is 19.4 Å². The van der Waals surface area contributed by atoms with Crippen LogP contribution in [0.4, 0.5) is 8.78 Å². The highest BCUT2D eigenvalue weighted by Gasteiger charge is 2.29. The average Bonchev–Trinajstić information content (AvgIpc) is 3.28. The summed E-state index contributed by atoms with van der Waals surface area (Å²) in [6.07, 6.45) is 2.45. The zero-order valence-corrected chi connectivity index (χ0v) is 15.0. The molecule has 7 heteroatoms. The van der Waals surface area contributed by atoms with Crippen LogP contribution < -0.4 is 0 Å². The monoisotopic (exact) mass is 412 g/mol. The number of pyridine rings is 1. The Morgan fingerprint density at radius 1 is 1.42 bits per heavy atom. The lowest BCUT2D eigenvalue weighted by Crippen LogP contribution is -2.02. The Morgan fingerprint density at radius 3 is 2.88 bits per heavy atom. The number of rotatable bonds is 3. The molecule has 1 fully saturated rings. The number of benzene rings is 1. The predicted octanol–water partition coefficient (Wildman–Crippen LogP) is 4.95. The van der Waals surface area contributed by atoms with Gasteiger partial charge in [-0.3, -0.25) is 0 Å². The molecule has 1 aromatic carbocycles. The van der Waals surface area contributed by atoms with Crippen molar-refractivity contribution < 1.29 is 13.5 Å². The van der Waals surface area contributed by atoms with Crippen LogP contribution in [-0.2, 0) is 11.2 Å². The highest BCUT2D eigenvalue weighted by molar-refractivity contribution is 9.10. The number of hydrogen-bond acceptors (Lipinski definition) is 2. The van der Waals surface area contributed by atoms with Gasteiger partial charge in [-0.05, 0) is 40.5 Å². The molecule has 0 amide bonds. The largest absolute Gasteiger partial charge is 0.373 e. The van der Waals surface area contributed by atoms with Gasteiger partial charge in [-0.2, -0.15) is 0 Å². The van der Waals surface area contributed by atoms with Gasteiger partial charge in [-0.1, -0.05) is 11.6 Å². The minimum Gasteiger partial charge on any atom is -0.373 e. The molecule has 0 radical (unpaired) electrons. The third-order valence-corrected chi connectivity index (χ3v) is 4.97. The van der Waals surface area contributed by atoms with Crippen LogP contribution in [0.2, 0.25) is 5.02 Å². The lowest BCUT2D eigenvalue weighted by atomic mass is 10.0. The van der Waals surface area contributed by atoms with Gasteiger partial charge in [-0.25, -0.2) is 13.8 Å². The molecule has 0 bridgehead atoms. The second-order valence-electron chi connectivity index (χ2n) is 5.79. The third-order valence-electron chi connectivity index (χ3n) is 4.15. The van der Waals surface area contributed by atoms with Gasteiger partial charge in [0.25, 0.3) is 0 Å². The Bertz CT molecular complexity index is 969. The molecule has 0 spiro atoms. The Hall–Kier alpha value is -1.50. The maximum absolute atomic E-state index is 14.6. The molecule has 0 N–H and O–H groups in total. The molecule has 3 aromatic rings. The van der Waals surface area contributed by atoms with Gasteiger partial charge < -0.3 is 9.14 Å². The molecule has 2 aromatic heterocycles. The molecule has 0 saturated carbocycles. The van der Waals surface area contributed by atoms with Gasteiger partial charge in [0, 0.05) is 29.3 Å². The molecular weight excluding hydrogens is 402 g/mol. The number of fused-ring (bicyclic) bond motifs is 1. The van der Waals surface area contributed by atoms with E-state index in [0.29, 0.717) is 29.4 Å². The summed E-state index contributed by atoms with van der Waals surface area (Å²) in [6.45, 7) is 2.21. The molecule has 124 valence electrons. The van der Waals surface area contributed by atoms with Crippen LogP contribution in [0.5, 0.6) is 0 Å². The van der Waals surface area contributed by atoms with Crippen LogP contribution in [0.25, 0.3) is 16.9 Å². The van der Waals surface area contributed by atoms with Gasteiger partial charge >= 0.3 is 0 Å². The van der Waals surface area contributed by atoms with E-state index in [-0.39, 0.29) is 21.7 Å². The second-order valence-corrected chi connectivity index (χ2v) is 7.08. The summed E-state index contributed by atoms with van der Waals surface area (Å²) in [6, 6.07) is 4.57. The number of aromatic nitrogens is 2. The van der Waals surface area contributed by atoms with E-state index in [1.807, 2.05) is 4.40 Å². The summed E-state index contributed by atoms with van der Waals surface area (Å²) < 4.78 is 36.2. The van der Waals surface area contributed by atoms with Crippen LogP contribution in [-0.4, -0.2) is 22.1 Å². The van der Waals surface area contributed by atoms with Crippen LogP contribution >= 0.6 is 27.5 Å². The van der Waals surface area contributed by atoms with Crippen molar-refractivity contribution in [2.24, 2.45) is 0 Å². The maximum atomic E-state index is 14.6. The van der Waals surface area contributed by atoms with Crippen molar-refractivity contribution in [3.63, 3.8) is 0 Å². The number of hydrogen-bond donors (Lipinski definition) is 0. The van der Waals surface area contributed by atoms with Crippen LogP contribution in [0.3, 0.4) is 0 Å². The first-order valence-electron chi connectivity index (χ1n) is 7.38. The molecule has 3 nitrogen and oxygen atoms in total. The topological polar surface area (TPSA) is 29.8 Å². The molecule has 4 rings (SSSR count). The molecule has 1 unspecified atom stereocenters. The Kier molecular flexibility index (Phi) is 3.86. The summed E-state index contributed by atoms with van der Waals surface area (Å²) in [5.41, 5.74) is 2.19. The Balaban J connectivity index is 2.01. The number of epoxide rings is 1. The number of halogens is 4. The van der Waals surface area contributed by atoms with E-state index in [4.69, 9.17) is 16.3 Å². The molecular formula is C17H12BrClF2N2O. The lowest BCUT2D eigenvalue weighted by Gasteiger charge is -2.10. The standard InChI is InChI=1S/C17H12BrClF2N2O/c1-8-15(12(20)6-11(18)16(8)21)17-13(5-10-7-24-10)23-3-2-9(19)4-14(23)22-17/h2-4,6,10H,5,7H2,1H3. The average molecular weight is 414 g/mol. The summed E-state index contributed by atoms with van der Waals surface area (Å²) >= 11 is 9.07. The van der Waals surface area contributed by atoms with E-state index in [0.717, 1.165) is 11.8 Å². The van der Waals surface area contributed by atoms with Gasteiger partial charge in [0.2, 0.25) is 0 Å². The van der Waals surface area contributed by atoms with Crippen LogP contribution in [0.1, 0.15) is 11.3 Å². The number of nitrogens with zero attached hydrogens (tertiary/aromatic N) is 2. The summed E-state index contributed by atoms with van der Waals surface area (Å²) in [5.74, 6) is -1.01. The van der Waals surface area contributed by atoms with Crippen molar-refractivity contribution in [2.75, 3.05) is 6.61 Å². The van der Waals surface area contributed by atoms with E-state index in [1.165, 1.54) is 0 Å². The molecule has 1 aliphatic rings. The van der Waals surface area contributed by atoms with E-state index in [2.05, 4.69) is 20.9 Å². The Labute approximate surface area is 150 Å². The minimum atomic E-state index is -0.520. The van der Waals surface area contributed by atoms with Gasteiger partial charge in [0.15, 0.2) is 0 Å². The van der Waals surface area contributed by atoms with Gasteiger partial charge in [-0.15, -0.1) is 0 Å². The summed E-state index contributed by atoms with van der Waals surface area (Å²) in [5, 5.41) is 0.535. The molecule has 0 aliphatic carbocycles. The highest BCUT2D eigenvalue weighted by Crippen LogP contribution is 2.36. The van der Waals surface area contributed by atoms with Crippen molar-refractivity contribution in [1.82, 2.24) is 9.38 Å². The number of ether oxygens (including phenoxy) is 1. The zero-order valence-electron chi connectivity index (χ0n) is 12.6. The van der Waals surface area contributed by atoms with Gasteiger partial charge in [0.05, 0.1) is 28.6 Å². The van der Waals surface area contributed by atoms with Crippen LogP contribution in [0, 0.1) is 18.6 Å². The van der Waals surface area contributed by atoms with E-state index >= 15 is 0 Å². The van der Waals surface area contributed by atoms with Gasteiger partial charge in [0.1, 0.15) is 17.3 Å². The van der Waals surface area contributed by atoms with E-state index in [9.17, 15) is 8.78 Å². The summed E-state index contributed by atoms with van der Waals surface area (Å²) in [7, 11) is 0. The second kappa shape index (κ2) is 5.79. The fourth-order valence-corrected chi connectivity index (χ4v) is 3.53. The van der Waals surface area contributed by atoms with E-state index < -0.39 is 11.6 Å². The third kappa shape index (κ3) is 2.62. The van der Waals surface area contributed by atoms with E-state index in [1.54, 1.807) is 25.3 Å². The molecule has 24 heavy (non-hydrogen) atoms. The molecule has 1 atom stereocenters. The zero-order chi connectivity index (χ0) is 17.0. The first-order valence-corrected chi connectivity index (χ1v) is 8.55. The quantitative estimate of drug-likeness (QED) is 0.449. The maximum Gasteiger partial charge on any atom is 0.141 e. The van der Waals surface area contributed by atoms with Crippen molar-refractivity contribution >= 4 is 33.2 Å². The first-order chi connectivity index (χ1) is 11.5. The van der Waals surface area contributed by atoms with Crippen molar-refractivity contribution in [1.29, 1.82) is 0 Å². The lowest BCUT2D eigenvalue weighted by molar-refractivity contribution is 0.406. The Morgan fingerprint density at radius 2 is 2.17 bits per heavy atom. The fourth-order valence-electron chi connectivity index (χ4n) is 2.87. The van der Waals surface area contributed by atoms with Crippen LogP contribution in [0.15, 0.2) is 28.9 Å². The molecule has 1 aliphatic heterocycles. The summed E-state index contributed by atoms with van der Waals surface area (Å²) in [4.78, 5) is 4.52. The van der Waals surface area contributed by atoms with Crippen molar-refractivity contribution in [3.8, 4) is 11.3 Å².